The van der Waals surface area contributed by atoms with Crippen molar-refractivity contribution in [3.05, 3.63) is 58.7 Å². The Morgan fingerprint density at radius 2 is 2.17 bits per heavy atom. The summed E-state index contributed by atoms with van der Waals surface area (Å²) in [5.74, 6) is 0.677. The number of anilines is 1. The minimum absolute atomic E-state index is 0.0115. The Morgan fingerprint density at radius 1 is 1.26 bits per heavy atom. The summed E-state index contributed by atoms with van der Waals surface area (Å²) in [6.45, 7) is 0. The Bertz CT molecular complexity index is 894. The van der Waals surface area contributed by atoms with Crippen molar-refractivity contribution in [3.8, 4) is 21.9 Å². The van der Waals surface area contributed by atoms with Crippen LogP contribution in [0.3, 0.4) is 0 Å². The maximum Gasteiger partial charge on any atom is 0.228 e. The van der Waals surface area contributed by atoms with Crippen molar-refractivity contribution in [3.63, 3.8) is 0 Å². The van der Waals surface area contributed by atoms with E-state index in [-0.39, 0.29) is 5.91 Å². The summed E-state index contributed by atoms with van der Waals surface area (Å²) in [5.41, 5.74) is 5.27. The summed E-state index contributed by atoms with van der Waals surface area (Å²) >= 11 is 7.83. The summed E-state index contributed by atoms with van der Waals surface area (Å²) in [6, 6.07) is 11.4. The molecule has 1 aliphatic rings. The van der Waals surface area contributed by atoms with Gasteiger partial charge in [0.05, 0.1) is 23.2 Å². The molecule has 114 valence electrons. The molecule has 4 nitrogen and oxygen atoms in total. The van der Waals surface area contributed by atoms with Crippen molar-refractivity contribution >= 4 is 34.5 Å². The van der Waals surface area contributed by atoms with E-state index in [1.807, 2.05) is 36.4 Å². The van der Waals surface area contributed by atoms with Crippen molar-refractivity contribution < 1.29 is 9.53 Å². The summed E-state index contributed by atoms with van der Waals surface area (Å²) < 4.78 is 5.91. The number of hydrogen-bond acceptors (Lipinski definition) is 4. The molecule has 4 rings (SSSR count). The number of benzene rings is 2. The molecule has 0 saturated heterocycles. The number of thiazole rings is 1. The quantitative estimate of drug-likeness (QED) is 0.747. The minimum Gasteiger partial charge on any atom is -0.444 e. The Morgan fingerprint density at radius 3 is 3.00 bits per heavy atom. The fourth-order valence-electron chi connectivity index (χ4n) is 2.62. The summed E-state index contributed by atoms with van der Waals surface area (Å²) in [4.78, 5) is 15.5. The lowest BCUT2D eigenvalue weighted by atomic mass is 10.0. The topological polar surface area (TPSA) is 51.2 Å². The van der Waals surface area contributed by atoms with E-state index >= 15 is 0 Å². The van der Waals surface area contributed by atoms with Gasteiger partial charge in [0.1, 0.15) is 5.75 Å². The average molecular weight is 343 g/mol. The smallest absolute Gasteiger partial charge is 0.228 e. The number of carbonyl (C=O) groups is 1. The lowest BCUT2D eigenvalue weighted by molar-refractivity contribution is -0.115. The van der Waals surface area contributed by atoms with Gasteiger partial charge < -0.3 is 10.1 Å². The molecule has 0 fully saturated rings. The minimum atomic E-state index is 0.0115. The maximum absolute atomic E-state index is 11.5. The molecule has 6 heteroatoms. The highest BCUT2D eigenvalue weighted by atomic mass is 35.5. The zero-order valence-electron chi connectivity index (χ0n) is 11.9. The molecule has 1 aliphatic heterocycles. The van der Waals surface area contributed by atoms with E-state index in [1.54, 1.807) is 11.7 Å². The molecule has 2 aromatic carbocycles. The van der Waals surface area contributed by atoms with E-state index < -0.39 is 0 Å². The molecule has 23 heavy (non-hydrogen) atoms. The Kier molecular flexibility index (Phi) is 3.52. The van der Waals surface area contributed by atoms with Gasteiger partial charge in [0.25, 0.3) is 0 Å². The van der Waals surface area contributed by atoms with Crippen LogP contribution in [0.1, 0.15) is 5.56 Å². The SMILES string of the molecule is O=C1Cc2cc(-c3c(Cl)cccc3Oc3cncs3)ccc2N1. The molecule has 0 spiro atoms. The van der Waals surface area contributed by atoms with E-state index in [0.717, 1.165) is 22.4 Å². The largest absolute Gasteiger partial charge is 0.444 e. The number of halogens is 1. The molecule has 0 atom stereocenters. The predicted octanol–water partition coefficient (Wildman–Crippen LogP) is 4.75. The molecule has 1 N–H and O–H groups in total. The van der Waals surface area contributed by atoms with E-state index in [2.05, 4.69) is 10.3 Å². The van der Waals surface area contributed by atoms with Crippen LogP contribution in [0.25, 0.3) is 11.1 Å². The van der Waals surface area contributed by atoms with E-state index in [0.29, 0.717) is 22.3 Å². The van der Waals surface area contributed by atoms with Crippen molar-refractivity contribution in [1.29, 1.82) is 0 Å². The Hall–Kier alpha value is -2.37. The second-order valence-electron chi connectivity index (χ2n) is 5.13. The van der Waals surface area contributed by atoms with Crippen LogP contribution in [0.15, 0.2) is 48.1 Å². The zero-order valence-corrected chi connectivity index (χ0v) is 13.4. The Balaban J connectivity index is 1.79. The lowest BCUT2D eigenvalue weighted by Gasteiger charge is -2.12. The van der Waals surface area contributed by atoms with Crippen LogP contribution in [-0.4, -0.2) is 10.9 Å². The lowest BCUT2D eigenvalue weighted by Crippen LogP contribution is -2.03. The normalized spacial score (nSPS) is 12.8. The molecule has 0 unspecified atom stereocenters. The van der Waals surface area contributed by atoms with Crippen LogP contribution in [0.5, 0.6) is 10.8 Å². The third-order valence-corrected chi connectivity index (χ3v) is 4.58. The molecule has 0 bridgehead atoms. The van der Waals surface area contributed by atoms with Gasteiger partial charge in [0.2, 0.25) is 11.0 Å². The summed E-state index contributed by atoms with van der Waals surface area (Å²) in [7, 11) is 0. The van der Waals surface area contributed by atoms with Gasteiger partial charge in [-0.1, -0.05) is 35.1 Å². The van der Waals surface area contributed by atoms with Gasteiger partial charge in [-0.2, -0.15) is 0 Å². The van der Waals surface area contributed by atoms with Gasteiger partial charge in [0, 0.05) is 11.3 Å². The van der Waals surface area contributed by atoms with Crippen LogP contribution in [-0.2, 0) is 11.2 Å². The standard InChI is InChI=1S/C17H11ClN2O2S/c18-12-2-1-3-14(22-16-8-19-9-23-16)17(12)10-4-5-13-11(6-10)7-15(21)20-13/h1-6,8-9H,7H2,(H,20,21). The van der Waals surface area contributed by atoms with Crippen molar-refractivity contribution in [2.24, 2.45) is 0 Å². The maximum atomic E-state index is 11.5. The number of ether oxygens (including phenoxy) is 1. The second kappa shape index (κ2) is 5.68. The third-order valence-electron chi connectivity index (χ3n) is 3.61. The molecule has 0 radical (unpaired) electrons. The fraction of sp³-hybridized carbons (Fsp3) is 0.0588. The number of nitrogens with zero attached hydrogens (tertiary/aromatic N) is 1. The molecule has 0 saturated carbocycles. The van der Waals surface area contributed by atoms with Crippen LogP contribution in [0, 0.1) is 0 Å². The predicted molar refractivity (Wildman–Crippen MR) is 91.4 cm³/mol. The number of hydrogen-bond donors (Lipinski definition) is 1. The highest BCUT2D eigenvalue weighted by Crippen LogP contribution is 2.41. The summed E-state index contributed by atoms with van der Waals surface area (Å²) in [5, 5.41) is 4.13. The number of nitrogens with one attached hydrogen (secondary N) is 1. The van der Waals surface area contributed by atoms with Gasteiger partial charge in [-0.15, -0.1) is 0 Å². The molecule has 0 aliphatic carbocycles. The van der Waals surface area contributed by atoms with Gasteiger partial charge in [0.15, 0.2) is 0 Å². The number of amides is 1. The van der Waals surface area contributed by atoms with Gasteiger partial charge in [-0.05, 0) is 35.4 Å². The van der Waals surface area contributed by atoms with Gasteiger partial charge in [-0.3, -0.25) is 4.79 Å². The van der Waals surface area contributed by atoms with Crippen LogP contribution >= 0.6 is 22.9 Å². The first-order valence-electron chi connectivity index (χ1n) is 6.99. The first-order chi connectivity index (χ1) is 11.2. The highest BCUT2D eigenvalue weighted by Gasteiger charge is 2.20. The van der Waals surface area contributed by atoms with E-state index in [1.165, 1.54) is 11.3 Å². The van der Waals surface area contributed by atoms with Gasteiger partial charge in [-0.25, -0.2) is 4.98 Å². The molecule has 2 heterocycles. The number of fused-ring (bicyclic) bond motifs is 1. The zero-order chi connectivity index (χ0) is 15.8. The first kappa shape index (κ1) is 14.2. The monoisotopic (exact) mass is 342 g/mol. The molecular weight excluding hydrogens is 332 g/mol. The number of carbonyl (C=O) groups excluding carboxylic acids is 1. The average Bonchev–Trinajstić information content (AvgIpc) is 3.15. The second-order valence-corrected chi connectivity index (χ2v) is 6.39. The van der Waals surface area contributed by atoms with Crippen molar-refractivity contribution in [1.82, 2.24) is 4.98 Å². The molecule has 1 aromatic heterocycles. The van der Waals surface area contributed by atoms with E-state index in [9.17, 15) is 4.79 Å². The molecule has 3 aromatic rings. The van der Waals surface area contributed by atoms with Crippen molar-refractivity contribution in [2.75, 3.05) is 5.32 Å². The van der Waals surface area contributed by atoms with Crippen LogP contribution in [0.4, 0.5) is 5.69 Å². The Labute approximate surface area is 141 Å². The number of aromatic nitrogens is 1. The summed E-state index contributed by atoms with van der Waals surface area (Å²) in [6.07, 6.45) is 2.05. The van der Waals surface area contributed by atoms with Gasteiger partial charge >= 0.3 is 0 Å². The number of rotatable bonds is 3. The molecule has 1 amide bonds. The molecular formula is C17H11ClN2O2S. The highest BCUT2D eigenvalue weighted by molar-refractivity contribution is 7.11. The van der Waals surface area contributed by atoms with E-state index in [4.69, 9.17) is 16.3 Å². The fourth-order valence-corrected chi connectivity index (χ4v) is 3.38. The van der Waals surface area contributed by atoms with Crippen molar-refractivity contribution in [2.45, 2.75) is 6.42 Å². The van der Waals surface area contributed by atoms with Crippen LogP contribution in [0.2, 0.25) is 5.02 Å². The third kappa shape index (κ3) is 2.69. The van der Waals surface area contributed by atoms with Crippen LogP contribution < -0.4 is 10.1 Å². The first-order valence-corrected chi connectivity index (χ1v) is 8.24.